The molecule has 37 heavy (non-hydrogen) atoms. The molecule has 7 nitrogen and oxygen atoms in total. The number of alkyl carbamates (subject to hydrolysis) is 1. The fourth-order valence-electron chi connectivity index (χ4n) is 4.03. The van der Waals surface area contributed by atoms with E-state index in [9.17, 15) is 14.4 Å². The number of hydrogen-bond donors (Lipinski definition) is 3. The first-order valence-corrected chi connectivity index (χ1v) is 13.0. The zero-order valence-electron chi connectivity index (χ0n) is 21.7. The summed E-state index contributed by atoms with van der Waals surface area (Å²) in [4.78, 5) is 41.4. The van der Waals surface area contributed by atoms with Crippen LogP contribution in [-0.4, -0.2) is 46.7 Å². The van der Waals surface area contributed by atoms with E-state index in [-0.39, 0.29) is 11.7 Å². The summed E-state index contributed by atoms with van der Waals surface area (Å²) in [6.45, 7) is 7.48. The lowest BCUT2D eigenvalue weighted by atomic mass is 10.0. The minimum absolute atomic E-state index is 0.0477. The molecular formula is C29H35N3O4S. The topological polar surface area (TPSA) is 87.7 Å². The number of ether oxygens (including phenoxy) is 1. The van der Waals surface area contributed by atoms with Crippen LogP contribution in [0.1, 0.15) is 45.7 Å². The van der Waals surface area contributed by atoms with Crippen molar-refractivity contribution < 1.29 is 19.1 Å². The van der Waals surface area contributed by atoms with Gasteiger partial charge in [-0.1, -0.05) is 67.6 Å². The second-order valence-corrected chi connectivity index (χ2v) is 10.1. The number of thiol groups is 1. The molecule has 3 amide bonds. The number of carbonyl (C=O) groups excluding carboxylic acids is 3. The maximum Gasteiger partial charge on any atom is 0.408 e. The number of hydrogen-bond acceptors (Lipinski definition) is 5. The van der Waals surface area contributed by atoms with Crippen LogP contribution in [0.2, 0.25) is 0 Å². The maximum absolute atomic E-state index is 13.8. The van der Waals surface area contributed by atoms with Gasteiger partial charge in [-0.2, -0.15) is 12.6 Å². The van der Waals surface area contributed by atoms with Gasteiger partial charge in [0.15, 0.2) is 0 Å². The van der Waals surface area contributed by atoms with Crippen molar-refractivity contribution in [2.45, 2.75) is 51.8 Å². The Morgan fingerprint density at radius 3 is 2.22 bits per heavy atom. The minimum Gasteiger partial charge on any atom is -0.444 e. The number of benzene rings is 3. The van der Waals surface area contributed by atoms with Gasteiger partial charge in [0.2, 0.25) is 5.91 Å². The zero-order chi connectivity index (χ0) is 27.0. The number of amides is 3. The number of rotatable bonds is 9. The van der Waals surface area contributed by atoms with Crippen LogP contribution in [-0.2, 0) is 14.3 Å². The van der Waals surface area contributed by atoms with Crippen LogP contribution in [0.25, 0.3) is 10.8 Å². The molecular weight excluding hydrogens is 486 g/mol. The molecule has 2 atom stereocenters. The summed E-state index contributed by atoms with van der Waals surface area (Å²) >= 11 is 4.31. The summed E-state index contributed by atoms with van der Waals surface area (Å²) in [5.41, 5.74) is 0.577. The quantitative estimate of drug-likeness (QED) is 0.321. The summed E-state index contributed by atoms with van der Waals surface area (Å²) in [6.07, 6.45) is -0.0995. The summed E-state index contributed by atoms with van der Waals surface area (Å²) in [5.74, 6) is -0.713. The smallest absolute Gasteiger partial charge is 0.408 e. The average Bonchev–Trinajstić information content (AvgIpc) is 2.86. The molecule has 196 valence electrons. The van der Waals surface area contributed by atoms with Crippen molar-refractivity contribution in [1.82, 2.24) is 10.2 Å². The van der Waals surface area contributed by atoms with E-state index >= 15 is 0 Å². The molecule has 3 aromatic carbocycles. The van der Waals surface area contributed by atoms with Crippen LogP contribution in [0.15, 0.2) is 72.8 Å². The first-order chi connectivity index (χ1) is 17.6. The molecule has 0 saturated carbocycles. The van der Waals surface area contributed by atoms with Crippen molar-refractivity contribution in [2.24, 2.45) is 0 Å². The lowest BCUT2D eigenvalue weighted by Crippen LogP contribution is -2.53. The predicted molar refractivity (Wildman–Crippen MR) is 151 cm³/mol. The molecule has 0 heterocycles. The average molecular weight is 522 g/mol. The van der Waals surface area contributed by atoms with E-state index in [2.05, 4.69) is 23.3 Å². The van der Waals surface area contributed by atoms with Crippen molar-refractivity contribution in [1.29, 1.82) is 0 Å². The minimum atomic E-state index is -0.968. The Hall–Kier alpha value is -3.52. The van der Waals surface area contributed by atoms with Gasteiger partial charge >= 0.3 is 6.09 Å². The molecule has 2 unspecified atom stereocenters. The van der Waals surface area contributed by atoms with E-state index in [4.69, 9.17) is 4.74 Å². The van der Waals surface area contributed by atoms with E-state index < -0.39 is 29.7 Å². The van der Waals surface area contributed by atoms with E-state index in [0.717, 1.165) is 10.8 Å². The Morgan fingerprint density at radius 2 is 1.59 bits per heavy atom. The van der Waals surface area contributed by atoms with E-state index in [1.165, 1.54) is 4.90 Å². The standard InChI is InChI=1S/C29H35N3O4S/c1-5-17-32(27(34)24(19-37)31-28(35)36-29(2,3)4)25(21-12-7-6-8-13-21)26(33)30-23-16-15-20-11-9-10-14-22(20)18-23/h6-16,18,24-25,37H,5,17,19H2,1-4H3,(H,30,33)(H,31,35). The number of anilines is 1. The second-order valence-electron chi connectivity index (χ2n) is 9.78. The van der Waals surface area contributed by atoms with Crippen molar-refractivity contribution in [3.05, 3.63) is 78.4 Å². The third-order valence-electron chi connectivity index (χ3n) is 5.61. The first kappa shape index (κ1) is 28.1. The van der Waals surface area contributed by atoms with Gasteiger partial charge in [-0.15, -0.1) is 0 Å². The third kappa shape index (κ3) is 7.73. The van der Waals surface area contributed by atoms with Crippen molar-refractivity contribution >= 4 is 47.0 Å². The number of fused-ring (bicyclic) bond motifs is 1. The van der Waals surface area contributed by atoms with Crippen LogP contribution >= 0.6 is 12.6 Å². The number of nitrogens with one attached hydrogen (secondary N) is 2. The van der Waals surface area contributed by atoms with Crippen LogP contribution in [0.4, 0.5) is 10.5 Å². The molecule has 0 bridgehead atoms. The molecule has 0 fully saturated rings. The summed E-state index contributed by atoms with van der Waals surface area (Å²) < 4.78 is 5.33. The molecule has 0 spiro atoms. The van der Waals surface area contributed by atoms with Gasteiger partial charge in [0.25, 0.3) is 5.91 Å². The molecule has 2 N–H and O–H groups in total. The highest BCUT2D eigenvalue weighted by Gasteiger charge is 2.35. The number of carbonyl (C=O) groups is 3. The highest BCUT2D eigenvalue weighted by molar-refractivity contribution is 7.80. The molecule has 0 aliphatic heterocycles. The molecule has 0 saturated heterocycles. The van der Waals surface area contributed by atoms with Gasteiger partial charge in [-0.3, -0.25) is 9.59 Å². The summed E-state index contributed by atoms with van der Waals surface area (Å²) in [7, 11) is 0. The van der Waals surface area contributed by atoms with Crippen molar-refractivity contribution in [3.63, 3.8) is 0 Å². The highest BCUT2D eigenvalue weighted by Crippen LogP contribution is 2.26. The van der Waals surface area contributed by atoms with Gasteiger partial charge in [0.1, 0.15) is 17.7 Å². The fourth-order valence-corrected chi connectivity index (χ4v) is 4.28. The van der Waals surface area contributed by atoms with Crippen LogP contribution in [0.3, 0.4) is 0 Å². The molecule has 3 aromatic rings. The molecule has 0 aliphatic rings. The molecule has 3 rings (SSSR count). The van der Waals surface area contributed by atoms with Crippen LogP contribution in [0, 0.1) is 0 Å². The lowest BCUT2D eigenvalue weighted by molar-refractivity contribution is -0.140. The van der Waals surface area contributed by atoms with E-state index in [0.29, 0.717) is 24.2 Å². The Kier molecular flexibility index (Phi) is 9.58. The Balaban J connectivity index is 1.92. The van der Waals surface area contributed by atoms with E-state index in [1.54, 1.807) is 20.8 Å². The largest absolute Gasteiger partial charge is 0.444 e. The van der Waals surface area contributed by atoms with Gasteiger partial charge in [-0.05, 0) is 55.7 Å². The zero-order valence-corrected chi connectivity index (χ0v) is 22.6. The van der Waals surface area contributed by atoms with Gasteiger partial charge in [0.05, 0.1) is 0 Å². The number of nitrogens with zero attached hydrogens (tertiary/aromatic N) is 1. The Bertz CT molecular complexity index is 1230. The van der Waals surface area contributed by atoms with Crippen molar-refractivity contribution in [2.75, 3.05) is 17.6 Å². The Morgan fingerprint density at radius 1 is 0.946 bits per heavy atom. The third-order valence-corrected chi connectivity index (χ3v) is 5.98. The second kappa shape index (κ2) is 12.6. The SMILES string of the molecule is CCCN(C(=O)C(CS)NC(=O)OC(C)(C)C)C(C(=O)Nc1ccc2ccccc2c1)c1ccccc1. The Labute approximate surface area is 224 Å². The van der Waals surface area contributed by atoms with Crippen LogP contribution in [0.5, 0.6) is 0 Å². The molecule has 0 radical (unpaired) electrons. The van der Waals surface area contributed by atoms with E-state index in [1.807, 2.05) is 79.7 Å². The lowest BCUT2D eigenvalue weighted by Gasteiger charge is -2.34. The maximum atomic E-state index is 13.8. The monoisotopic (exact) mass is 521 g/mol. The van der Waals surface area contributed by atoms with Gasteiger partial charge in [-0.25, -0.2) is 4.79 Å². The molecule has 0 aliphatic carbocycles. The fraction of sp³-hybridized carbons (Fsp3) is 0.345. The molecule has 0 aromatic heterocycles. The van der Waals surface area contributed by atoms with Crippen molar-refractivity contribution in [3.8, 4) is 0 Å². The van der Waals surface area contributed by atoms with Crippen LogP contribution < -0.4 is 10.6 Å². The van der Waals surface area contributed by atoms with Gasteiger partial charge in [0, 0.05) is 18.0 Å². The summed E-state index contributed by atoms with van der Waals surface area (Å²) in [6, 6.07) is 20.8. The summed E-state index contributed by atoms with van der Waals surface area (Å²) in [5, 5.41) is 7.67. The normalized spacial score (nSPS) is 12.9. The van der Waals surface area contributed by atoms with Gasteiger partial charge < -0.3 is 20.3 Å². The first-order valence-electron chi connectivity index (χ1n) is 12.4. The highest BCUT2D eigenvalue weighted by atomic mass is 32.1. The molecule has 8 heteroatoms. The predicted octanol–water partition coefficient (Wildman–Crippen LogP) is 5.58.